The van der Waals surface area contributed by atoms with Crippen LogP contribution >= 0.6 is 11.6 Å². The van der Waals surface area contributed by atoms with Gasteiger partial charge in [0.2, 0.25) is 10.0 Å². The van der Waals surface area contributed by atoms with Gasteiger partial charge >= 0.3 is 0 Å². The van der Waals surface area contributed by atoms with Gasteiger partial charge in [-0.25, -0.2) is 13.1 Å². The van der Waals surface area contributed by atoms with E-state index in [4.69, 9.17) is 16.3 Å². The number of rotatable bonds is 7. The quantitative estimate of drug-likeness (QED) is 0.796. The molecule has 2 aromatic rings. The zero-order valence-electron chi connectivity index (χ0n) is 14.0. The molecule has 0 aromatic heterocycles. The van der Waals surface area contributed by atoms with Crippen LogP contribution in [0.5, 0.6) is 5.75 Å². The van der Waals surface area contributed by atoms with Gasteiger partial charge in [0.05, 0.1) is 12.9 Å². The Hall–Kier alpha value is -1.56. The monoisotopic (exact) mass is 367 g/mol. The number of benzene rings is 2. The Bertz CT molecular complexity index is 788. The summed E-state index contributed by atoms with van der Waals surface area (Å²) in [7, 11) is -1.84. The smallest absolute Gasteiger partial charge is 0.216 e. The molecule has 0 saturated heterocycles. The molecule has 0 aliphatic rings. The predicted molar refractivity (Wildman–Crippen MR) is 98.0 cm³/mol. The Balaban J connectivity index is 2.16. The molecular formula is C18H22ClNO3S. The second kappa shape index (κ2) is 8.01. The van der Waals surface area contributed by atoms with Crippen LogP contribution in [0.2, 0.25) is 5.02 Å². The van der Waals surface area contributed by atoms with E-state index in [0.29, 0.717) is 17.0 Å². The molecule has 1 N–H and O–H groups in total. The third-order valence-electron chi connectivity index (χ3n) is 3.82. The molecule has 130 valence electrons. The minimum atomic E-state index is -3.46. The molecule has 2 rings (SSSR count). The zero-order chi connectivity index (χ0) is 17.7. The predicted octanol–water partition coefficient (Wildman–Crippen LogP) is 4.23. The van der Waals surface area contributed by atoms with Crippen LogP contribution < -0.4 is 9.46 Å². The molecule has 6 heteroatoms. The topological polar surface area (TPSA) is 55.4 Å². The van der Waals surface area contributed by atoms with E-state index in [9.17, 15) is 8.42 Å². The van der Waals surface area contributed by atoms with Crippen molar-refractivity contribution in [1.82, 2.24) is 4.72 Å². The summed E-state index contributed by atoms with van der Waals surface area (Å²) in [6, 6.07) is 12.3. The average molecular weight is 368 g/mol. The summed E-state index contributed by atoms with van der Waals surface area (Å²) in [5.41, 5.74) is 2.61. The largest absolute Gasteiger partial charge is 0.496 e. The Morgan fingerprint density at radius 1 is 1.17 bits per heavy atom. The molecule has 0 aliphatic heterocycles. The number of nitrogens with one attached hydrogen (secondary N) is 1. The standard InChI is InChI=1S/C18H22ClNO3S/c1-4-17(15-7-10-18(23-3)13(2)11-15)20-24(21,22)12-14-5-8-16(19)9-6-14/h5-11,17,20H,4,12H2,1-3H3/t17-/m0/s1. The average Bonchev–Trinajstić information content (AvgIpc) is 2.54. The van der Waals surface area contributed by atoms with E-state index in [1.807, 2.05) is 32.0 Å². The van der Waals surface area contributed by atoms with Gasteiger partial charge in [-0.05, 0) is 48.2 Å². The molecule has 0 heterocycles. The van der Waals surface area contributed by atoms with E-state index in [2.05, 4.69) is 4.72 Å². The third kappa shape index (κ3) is 4.97. The highest BCUT2D eigenvalue weighted by Gasteiger charge is 2.19. The van der Waals surface area contributed by atoms with Gasteiger partial charge in [0.15, 0.2) is 0 Å². The number of aryl methyl sites for hydroxylation is 1. The van der Waals surface area contributed by atoms with E-state index in [-0.39, 0.29) is 11.8 Å². The molecule has 0 spiro atoms. The summed E-state index contributed by atoms with van der Waals surface area (Å²) >= 11 is 5.83. The maximum absolute atomic E-state index is 12.5. The van der Waals surface area contributed by atoms with Crippen LogP contribution in [0.25, 0.3) is 0 Å². The first-order valence-corrected chi connectivity index (χ1v) is 9.76. The van der Waals surface area contributed by atoms with Gasteiger partial charge < -0.3 is 4.74 Å². The first-order valence-electron chi connectivity index (χ1n) is 7.73. The van der Waals surface area contributed by atoms with Gasteiger partial charge in [-0.15, -0.1) is 0 Å². The van der Waals surface area contributed by atoms with Crippen molar-refractivity contribution in [3.63, 3.8) is 0 Å². The summed E-state index contributed by atoms with van der Waals surface area (Å²) < 4.78 is 33.0. The van der Waals surface area contributed by atoms with Gasteiger partial charge in [-0.2, -0.15) is 0 Å². The van der Waals surface area contributed by atoms with Crippen molar-refractivity contribution >= 4 is 21.6 Å². The van der Waals surface area contributed by atoms with E-state index < -0.39 is 10.0 Å². The van der Waals surface area contributed by atoms with Crippen molar-refractivity contribution in [2.75, 3.05) is 7.11 Å². The second-order valence-electron chi connectivity index (χ2n) is 5.69. The molecule has 0 amide bonds. The highest BCUT2D eigenvalue weighted by Crippen LogP contribution is 2.25. The summed E-state index contributed by atoms with van der Waals surface area (Å²) in [6.07, 6.45) is 0.658. The Labute approximate surface area is 148 Å². The number of hydrogen-bond donors (Lipinski definition) is 1. The van der Waals surface area contributed by atoms with Gasteiger partial charge in [-0.1, -0.05) is 42.8 Å². The van der Waals surface area contributed by atoms with E-state index in [1.54, 1.807) is 31.4 Å². The summed E-state index contributed by atoms with van der Waals surface area (Å²) in [5.74, 6) is 0.716. The number of methoxy groups -OCH3 is 1. The second-order valence-corrected chi connectivity index (χ2v) is 7.88. The van der Waals surface area contributed by atoms with Crippen LogP contribution in [0.1, 0.15) is 36.1 Å². The number of sulfonamides is 1. The highest BCUT2D eigenvalue weighted by molar-refractivity contribution is 7.88. The molecule has 0 unspecified atom stereocenters. The van der Waals surface area contributed by atoms with Gasteiger partial charge in [0, 0.05) is 11.1 Å². The zero-order valence-corrected chi connectivity index (χ0v) is 15.6. The minimum absolute atomic E-state index is 0.0736. The molecule has 4 nitrogen and oxygen atoms in total. The molecule has 0 saturated carbocycles. The fourth-order valence-electron chi connectivity index (χ4n) is 2.56. The normalized spacial score (nSPS) is 12.8. The Kier molecular flexibility index (Phi) is 6.27. The van der Waals surface area contributed by atoms with Crippen molar-refractivity contribution < 1.29 is 13.2 Å². The molecule has 1 atom stereocenters. The minimum Gasteiger partial charge on any atom is -0.496 e. The van der Waals surface area contributed by atoms with Crippen LogP contribution in [0, 0.1) is 6.92 Å². The SMILES string of the molecule is CC[C@H](NS(=O)(=O)Cc1ccc(Cl)cc1)c1ccc(OC)c(C)c1. The van der Waals surface area contributed by atoms with Crippen molar-refractivity contribution in [3.8, 4) is 5.75 Å². The van der Waals surface area contributed by atoms with Crippen molar-refractivity contribution in [2.45, 2.75) is 32.1 Å². The third-order valence-corrected chi connectivity index (χ3v) is 5.43. The lowest BCUT2D eigenvalue weighted by Crippen LogP contribution is -2.29. The summed E-state index contributed by atoms with van der Waals surface area (Å²) in [5, 5.41) is 0.587. The van der Waals surface area contributed by atoms with Crippen LogP contribution in [-0.4, -0.2) is 15.5 Å². The van der Waals surface area contributed by atoms with Gasteiger partial charge in [-0.3, -0.25) is 0 Å². The molecule has 0 radical (unpaired) electrons. The first kappa shape index (κ1) is 18.8. The lowest BCUT2D eigenvalue weighted by atomic mass is 10.0. The molecule has 0 bridgehead atoms. The van der Waals surface area contributed by atoms with Gasteiger partial charge in [0.25, 0.3) is 0 Å². The molecule has 2 aromatic carbocycles. The molecule has 0 fully saturated rings. The van der Waals surface area contributed by atoms with Crippen LogP contribution in [0.4, 0.5) is 0 Å². The summed E-state index contributed by atoms with van der Waals surface area (Å²) in [4.78, 5) is 0. The first-order chi connectivity index (χ1) is 11.3. The van der Waals surface area contributed by atoms with Crippen LogP contribution in [-0.2, 0) is 15.8 Å². The Morgan fingerprint density at radius 2 is 1.83 bits per heavy atom. The number of hydrogen-bond acceptors (Lipinski definition) is 3. The summed E-state index contributed by atoms with van der Waals surface area (Å²) in [6.45, 7) is 3.90. The van der Waals surface area contributed by atoms with Gasteiger partial charge in [0.1, 0.15) is 5.75 Å². The molecular weight excluding hydrogens is 346 g/mol. The van der Waals surface area contributed by atoms with Crippen LogP contribution in [0.3, 0.4) is 0 Å². The number of halogens is 1. The number of ether oxygens (including phenoxy) is 1. The van der Waals surface area contributed by atoms with E-state index >= 15 is 0 Å². The van der Waals surface area contributed by atoms with Crippen molar-refractivity contribution in [1.29, 1.82) is 0 Å². The fraction of sp³-hybridized carbons (Fsp3) is 0.333. The molecule has 24 heavy (non-hydrogen) atoms. The fourth-order valence-corrected chi connectivity index (χ4v) is 4.14. The van der Waals surface area contributed by atoms with Crippen molar-refractivity contribution in [2.24, 2.45) is 0 Å². The van der Waals surface area contributed by atoms with E-state index in [1.165, 1.54) is 0 Å². The maximum Gasteiger partial charge on any atom is 0.216 e. The lowest BCUT2D eigenvalue weighted by molar-refractivity contribution is 0.411. The molecule has 0 aliphatic carbocycles. The van der Waals surface area contributed by atoms with Crippen molar-refractivity contribution in [3.05, 3.63) is 64.2 Å². The maximum atomic E-state index is 12.5. The lowest BCUT2D eigenvalue weighted by Gasteiger charge is -2.19. The van der Waals surface area contributed by atoms with Crippen LogP contribution in [0.15, 0.2) is 42.5 Å². The Morgan fingerprint density at radius 3 is 2.38 bits per heavy atom. The van der Waals surface area contributed by atoms with E-state index in [0.717, 1.165) is 16.9 Å². The highest BCUT2D eigenvalue weighted by atomic mass is 35.5.